The van der Waals surface area contributed by atoms with Crippen molar-refractivity contribution < 1.29 is 14.0 Å². The summed E-state index contributed by atoms with van der Waals surface area (Å²) in [5, 5.41) is 9.12. The monoisotopic (exact) mass is 469 g/mol. The lowest BCUT2D eigenvalue weighted by atomic mass is 10.1. The van der Waals surface area contributed by atoms with Gasteiger partial charge in [-0.1, -0.05) is 43.1 Å². The molecule has 1 aromatic heterocycles. The Morgan fingerprint density at radius 1 is 1.03 bits per heavy atom. The van der Waals surface area contributed by atoms with Crippen LogP contribution in [0.25, 0.3) is 11.3 Å². The van der Waals surface area contributed by atoms with Gasteiger partial charge in [0.15, 0.2) is 10.9 Å². The minimum absolute atomic E-state index is 0.0385. The molecule has 0 spiro atoms. The predicted octanol–water partition coefficient (Wildman–Crippen LogP) is 6.16. The van der Waals surface area contributed by atoms with Crippen LogP contribution in [0.15, 0.2) is 59.0 Å². The summed E-state index contributed by atoms with van der Waals surface area (Å²) in [5.74, 6) is 0.138. The molecule has 0 atom stereocenters. The molecule has 3 aromatic rings. The van der Waals surface area contributed by atoms with Crippen LogP contribution in [-0.2, 0) is 4.79 Å². The van der Waals surface area contributed by atoms with E-state index in [9.17, 15) is 9.59 Å². The van der Waals surface area contributed by atoms with Crippen molar-refractivity contribution in [2.24, 2.45) is 0 Å². The van der Waals surface area contributed by atoms with Gasteiger partial charge in [0, 0.05) is 28.4 Å². The molecule has 2 aromatic carbocycles. The predicted molar refractivity (Wildman–Crippen MR) is 132 cm³/mol. The number of amides is 2. The van der Waals surface area contributed by atoms with Crippen LogP contribution in [0.3, 0.4) is 0 Å². The van der Waals surface area contributed by atoms with Crippen molar-refractivity contribution in [2.45, 2.75) is 33.1 Å². The molecule has 0 aliphatic heterocycles. The molecule has 0 aliphatic carbocycles. The molecule has 3 N–H and O–H groups in total. The number of thiocarbonyl (C=S) groups is 1. The summed E-state index contributed by atoms with van der Waals surface area (Å²) in [4.78, 5) is 24.4. The molecule has 0 saturated carbocycles. The average molecular weight is 470 g/mol. The normalized spacial score (nSPS) is 10.5. The highest BCUT2D eigenvalue weighted by Gasteiger charge is 2.14. The summed E-state index contributed by atoms with van der Waals surface area (Å²) in [6.45, 7) is 3.95. The van der Waals surface area contributed by atoms with Gasteiger partial charge < -0.3 is 15.1 Å². The SMILES string of the molecule is CCCCC(=O)Nc1cccc(NC(=S)NC(=O)c2ccc(-c3ccc(C)c(Cl)c3)o2)c1. The zero-order valence-electron chi connectivity index (χ0n) is 17.8. The first kappa shape index (κ1) is 23.5. The summed E-state index contributed by atoms with van der Waals surface area (Å²) in [6, 6.07) is 15.9. The third-order valence-corrected chi connectivity index (χ3v) is 5.29. The van der Waals surface area contributed by atoms with E-state index in [4.69, 9.17) is 28.2 Å². The van der Waals surface area contributed by atoms with Crippen molar-refractivity contribution in [3.63, 3.8) is 0 Å². The van der Waals surface area contributed by atoms with E-state index in [-0.39, 0.29) is 16.8 Å². The van der Waals surface area contributed by atoms with E-state index in [0.29, 0.717) is 28.6 Å². The van der Waals surface area contributed by atoms with Crippen LogP contribution >= 0.6 is 23.8 Å². The summed E-state index contributed by atoms with van der Waals surface area (Å²) >= 11 is 11.4. The van der Waals surface area contributed by atoms with Crippen LogP contribution in [0.5, 0.6) is 0 Å². The fraction of sp³-hybridized carbons (Fsp3) is 0.208. The van der Waals surface area contributed by atoms with E-state index in [1.165, 1.54) is 0 Å². The lowest BCUT2D eigenvalue weighted by molar-refractivity contribution is -0.116. The van der Waals surface area contributed by atoms with Gasteiger partial charge in [-0.2, -0.15) is 0 Å². The molecule has 0 aliphatic rings. The Morgan fingerprint density at radius 3 is 2.50 bits per heavy atom. The summed E-state index contributed by atoms with van der Waals surface area (Å²) in [7, 11) is 0. The van der Waals surface area contributed by atoms with Gasteiger partial charge in [-0.15, -0.1) is 0 Å². The lowest BCUT2D eigenvalue weighted by Gasteiger charge is -2.11. The Labute approximate surface area is 197 Å². The third kappa shape index (κ3) is 6.42. The number of nitrogens with one attached hydrogen (secondary N) is 3. The minimum atomic E-state index is -0.476. The van der Waals surface area contributed by atoms with Gasteiger partial charge in [-0.3, -0.25) is 14.9 Å². The van der Waals surface area contributed by atoms with Gasteiger partial charge in [0.05, 0.1) is 0 Å². The molecule has 166 valence electrons. The second-order valence-electron chi connectivity index (χ2n) is 7.27. The Balaban J connectivity index is 1.59. The molecule has 0 unspecified atom stereocenters. The van der Waals surface area contributed by atoms with Crippen LogP contribution in [-0.4, -0.2) is 16.9 Å². The van der Waals surface area contributed by atoms with E-state index in [0.717, 1.165) is 24.0 Å². The average Bonchev–Trinajstić information content (AvgIpc) is 3.25. The van der Waals surface area contributed by atoms with Gasteiger partial charge in [0.2, 0.25) is 5.91 Å². The quantitative estimate of drug-likeness (QED) is 0.361. The van der Waals surface area contributed by atoms with E-state index in [1.807, 2.05) is 26.0 Å². The van der Waals surface area contributed by atoms with Gasteiger partial charge in [0.25, 0.3) is 5.91 Å². The van der Waals surface area contributed by atoms with Crippen molar-refractivity contribution in [3.05, 3.63) is 70.9 Å². The van der Waals surface area contributed by atoms with Crippen molar-refractivity contribution in [2.75, 3.05) is 10.6 Å². The second-order valence-corrected chi connectivity index (χ2v) is 8.08. The minimum Gasteiger partial charge on any atom is -0.451 e. The zero-order valence-corrected chi connectivity index (χ0v) is 19.4. The molecule has 6 nitrogen and oxygen atoms in total. The Hall–Kier alpha value is -3.16. The number of anilines is 2. The number of rotatable bonds is 7. The highest BCUT2D eigenvalue weighted by Crippen LogP contribution is 2.27. The summed E-state index contributed by atoms with van der Waals surface area (Å²) in [5.41, 5.74) is 3.02. The first-order chi connectivity index (χ1) is 15.4. The number of aryl methyl sites for hydroxylation is 1. The molecule has 3 rings (SSSR count). The number of unbranched alkanes of at least 4 members (excludes halogenated alkanes) is 1. The fourth-order valence-corrected chi connectivity index (χ4v) is 3.31. The molecular formula is C24H24ClN3O3S. The molecule has 0 saturated heterocycles. The zero-order chi connectivity index (χ0) is 23.1. The van der Waals surface area contributed by atoms with E-state index >= 15 is 0 Å². The van der Waals surface area contributed by atoms with Crippen LogP contribution in [0, 0.1) is 6.92 Å². The smallest absolute Gasteiger partial charge is 0.293 e. The first-order valence-corrected chi connectivity index (χ1v) is 11.0. The van der Waals surface area contributed by atoms with Crippen molar-refractivity contribution in [3.8, 4) is 11.3 Å². The van der Waals surface area contributed by atoms with Crippen LogP contribution in [0.4, 0.5) is 11.4 Å². The number of hydrogen-bond acceptors (Lipinski definition) is 4. The highest BCUT2D eigenvalue weighted by atomic mass is 35.5. The van der Waals surface area contributed by atoms with Crippen LogP contribution in [0.1, 0.15) is 42.3 Å². The molecular weight excluding hydrogens is 446 g/mol. The van der Waals surface area contributed by atoms with E-state index in [1.54, 1.807) is 42.5 Å². The van der Waals surface area contributed by atoms with Crippen molar-refractivity contribution in [1.82, 2.24) is 5.32 Å². The fourth-order valence-electron chi connectivity index (χ4n) is 2.92. The largest absolute Gasteiger partial charge is 0.451 e. The topological polar surface area (TPSA) is 83.4 Å². The Bertz CT molecular complexity index is 1140. The highest BCUT2D eigenvalue weighted by molar-refractivity contribution is 7.80. The number of hydrogen-bond donors (Lipinski definition) is 3. The molecule has 0 radical (unpaired) electrons. The van der Waals surface area contributed by atoms with Gasteiger partial charge in [-0.25, -0.2) is 0 Å². The van der Waals surface area contributed by atoms with Crippen LogP contribution in [0.2, 0.25) is 5.02 Å². The molecule has 32 heavy (non-hydrogen) atoms. The number of halogens is 1. The van der Waals surface area contributed by atoms with E-state index in [2.05, 4.69) is 16.0 Å². The Kier molecular flexibility index (Phi) is 8.03. The number of carbonyl (C=O) groups is 2. The number of furan rings is 1. The standard InChI is InChI=1S/C24H24ClN3O3S/c1-3-4-8-22(29)26-17-6-5-7-18(14-17)27-24(32)28-23(30)21-12-11-20(31-21)16-10-9-15(2)19(25)13-16/h5-7,9-14H,3-4,8H2,1-2H3,(H,26,29)(H2,27,28,30,32). The summed E-state index contributed by atoms with van der Waals surface area (Å²) < 4.78 is 5.67. The third-order valence-electron chi connectivity index (χ3n) is 4.67. The Morgan fingerprint density at radius 2 is 1.78 bits per heavy atom. The van der Waals surface area contributed by atoms with Crippen LogP contribution < -0.4 is 16.0 Å². The lowest BCUT2D eigenvalue weighted by Crippen LogP contribution is -2.33. The summed E-state index contributed by atoms with van der Waals surface area (Å²) in [6.07, 6.45) is 2.27. The molecule has 0 fully saturated rings. The van der Waals surface area contributed by atoms with Crippen molar-refractivity contribution in [1.29, 1.82) is 0 Å². The van der Waals surface area contributed by atoms with Gasteiger partial charge in [-0.05, 0) is 67.5 Å². The van der Waals surface area contributed by atoms with Gasteiger partial charge in [0.1, 0.15) is 5.76 Å². The van der Waals surface area contributed by atoms with Crippen molar-refractivity contribution >= 4 is 52.1 Å². The maximum Gasteiger partial charge on any atom is 0.293 e. The first-order valence-electron chi connectivity index (χ1n) is 10.2. The molecule has 0 bridgehead atoms. The number of carbonyl (C=O) groups excluding carboxylic acids is 2. The molecule has 1 heterocycles. The molecule has 8 heteroatoms. The maximum atomic E-state index is 12.5. The second kappa shape index (κ2) is 10.9. The number of benzene rings is 2. The van der Waals surface area contributed by atoms with Gasteiger partial charge >= 0.3 is 0 Å². The van der Waals surface area contributed by atoms with E-state index < -0.39 is 5.91 Å². The maximum absolute atomic E-state index is 12.5. The molecule has 2 amide bonds.